The van der Waals surface area contributed by atoms with Gasteiger partial charge in [0.05, 0.1) is 0 Å². The van der Waals surface area contributed by atoms with Gasteiger partial charge in [-0.3, -0.25) is 4.79 Å². The molecule has 10 heteroatoms. The summed E-state index contributed by atoms with van der Waals surface area (Å²) < 4.78 is 32.5. The zero-order valence-electron chi connectivity index (χ0n) is 14.6. The van der Waals surface area contributed by atoms with Gasteiger partial charge in [0.15, 0.2) is 5.70 Å². The lowest BCUT2D eigenvalue weighted by Crippen LogP contribution is -2.50. The molecule has 1 amide bonds. The summed E-state index contributed by atoms with van der Waals surface area (Å²) in [5.41, 5.74) is 10.9. The first-order valence-corrected chi connectivity index (χ1v) is 8.39. The minimum atomic E-state index is -4.00. The lowest BCUT2D eigenvalue weighted by Gasteiger charge is -2.30. The van der Waals surface area contributed by atoms with Crippen molar-refractivity contribution in [3.05, 3.63) is 51.3 Å². The van der Waals surface area contributed by atoms with E-state index in [0.29, 0.717) is 22.8 Å². The predicted molar refractivity (Wildman–Crippen MR) is 95.9 cm³/mol. The first kappa shape index (κ1) is 17.9. The molecule has 2 aliphatic rings. The number of fused-ring (bicyclic) bond motifs is 2. The van der Waals surface area contributed by atoms with E-state index in [2.05, 4.69) is 15.3 Å². The molecule has 3 rings (SSSR count). The number of halogens is 2. The van der Waals surface area contributed by atoms with Crippen molar-refractivity contribution < 1.29 is 17.9 Å². The third-order valence-electron chi connectivity index (χ3n) is 4.61. The standard InChI is InChI=1S/C16H19BF2N6O/c1-11-9-12(2)24-15(11)10-14-4-3-13(25(14)17(24,18)19)5-6-16(26)21-7-8-22-23-20/h3-4,9-10H,5-8H2,1-2H3,(H,21,26). The second-order valence-electron chi connectivity index (χ2n) is 6.38. The number of nitrogens with one attached hydrogen (secondary N) is 1. The van der Waals surface area contributed by atoms with Crippen LogP contribution in [0.2, 0.25) is 0 Å². The molecule has 0 bridgehead atoms. The minimum absolute atomic E-state index is 0.0857. The summed E-state index contributed by atoms with van der Waals surface area (Å²) in [6.07, 6.45) is 5.35. The van der Waals surface area contributed by atoms with Gasteiger partial charge in [0.1, 0.15) is 5.71 Å². The quantitative estimate of drug-likeness (QED) is 0.273. The van der Waals surface area contributed by atoms with Crippen LogP contribution < -0.4 is 5.32 Å². The maximum Gasteiger partial charge on any atom is 0.737 e. The van der Waals surface area contributed by atoms with Crippen LogP contribution in [0.5, 0.6) is 0 Å². The largest absolute Gasteiger partial charge is 0.737 e. The highest BCUT2D eigenvalue weighted by atomic mass is 19.2. The summed E-state index contributed by atoms with van der Waals surface area (Å²) in [6, 6.07) is 1.75. The number of allylic oxidation sites excluding steroid dienone is 2. The van der Waals surface area contributed by atoms with Crippen molar-refractivity contribution in [3.8, 4) is 0 Å². The van der Waals surface area contributed by atoms with Gasteiger partial charge in [-0.2, -0.15) is 0 Å². The number of hydrogen-bond donors (Lipinski definition) is 1. The third-order valence-corrected chi connectivity index (χ3v) is 4.61. The number of carbonyl (C=O) groups is 1. The van der Waals surface area contributed by atoms with Gasteiger partial charge in [-0.25, -0.2) is 0 Å². The molecule has 1 aromatic rings. The fourth-order valence-corrected chi connectivity index (χ4v) is 3.52. The number of hydrogen-bond acceptors (Lipinski definition) is 2. The van der Waals surface area contributed by atoms with Crippen LogP contribution in [-0.2, 0) is 4.79 Å². The summed E-state index contributed by atoms with van der Waals surface area (Å²) in [7, 11) is 0. The van der Waals surface area contributed by atoms with Gasteiger partial charge in [-0.05, 0) is 36.7 Å². The highest BCUT2D eigenvalue weighted by Gasteiger charge is 2.52. The monoisotopic (exact) mass is 360 g/mol. The van der Waals surface area contributed by atoms with Crippen LogP contribution in [0.1, 0.15) is 29.8 Å². The molecule has 2 aliphatic heterocycles. The lowest BCUT2D eigenvalue weighted by molar-refractivity contribution is -0.362. The molecule has 0 aliphatic carbocycles. The summed E-state index contributed by atoms with van der Waals surface area (Å²) in [4.78, 5) is 14.4. The van der Waals surface area contributed by atoms with Gasteiger partial charge in [-0.1, -0.05) is 5.11 Å². The molecule has 7 nitrogen and oxygen atoms in total. The Balaban J connectivity index is 1.79. The molecule has 1 aromatic heterocycles. The van der Waals surface area contributed by atoms with Crippen LogP contribution in [0.25, 0.3) is 16.5 Å². The average Bonchev–Trinajstić information content (AvgIpc) is 3.12. The molecule has 0 atom stereocenters. The van der Waals surface area contributed by atoms with Crippen molar-refractivity contribution in [1.29, 1.82) is 0 Å². The van der Waals surface area contributed by atoms with Crippen molar-refractivity contribution >= 4 is 24.7 Å². The summed E-state index contributed by atoms with van der Waals surface area (Å²) in [6.45, 7) is -0.114. The van der Waals surface area contributed by atoms with Gasteiger partial charge >= 0.3 is 6.97 Å². The van der Waals surface area contributed by atoms with Gasteiger partial charge < -0.3 is 22.9 Å². The Morgan fingerprint density at radius 3 is 2.92 bits per heavy atom. The first-order valence-electron chi connectivity index (χ1n) is 8.39. The minimum Gasteiger partial charge on any atom is -0.394 e. The molecule has 1 N–H and O–H groups in total. The molecule has 0 spiro atoms. The van der Waals surface area contributed by atoms with Crippen molar-refractivity contribution in [2.75, 3.05) is 13.1 Å². The van der Waals surface area contributed by atoms with Crippen LogP contribution >= 0.6 is 0 Å². The van der Waals surface area contributed by atoms with E-state index < -0.39 is 6.97 Å². The van der Waals surface area contributed by atoms with Crippen LogP contribution in [0, 0.1) is 13.8 Å². The molecular weight excluding hydrogens is 341 g/mol. The number of rotatable bonds is 6. The Hall–Kier alpha value is -2.87. The maximum absolute atomic E-state index is 15.2. The molecule has 26 heavy (non-hydrogen) atoms. The second kappa shape index (κ2) is 6.80. The van der Waals surface area contributed by atoms with Crippen LogP contribution in [0.4, 0.5) is 8.63 Å². The molecule has 0 aromatic carbocycles. The normalized spacial score (nSPS) is 16.7. The van der Waals surface area contributed by atoms with E-state index in [-0.39, 0.29) is 31.8 Å². The fourth-order valence-electron chi connectivity index (χ4n) is 3.52. The smallest absolute Gasteiger partial charge is 0.394 e. The van der Waals surface area contributed by atoms with Crippen molar-refractivity contribution in [2.45, 2.75) is 26.7 Å². The van der Waals surface area contributed by atoms with E-state index in [0.717, 1.165) is 14.5 Å². The molecule has 0 radical (unpaired) electrons. The molecule has 0 saturated heterocycles. The van der Waals surface area contributed by atoms with E-state index in [9.17, 15) is 4.79 Å². The van der Waals surface area contributed by atoms with E-state index in [1.807, 2.05) is 6.92 Å². The average molecular weight is 360 g/mol. The molecule has 0 unspecified atom stereocenters. The molecular formula is C16H19BF2N6O. The molecule has 0 saturated carbocycles. The fraction of sp³-hybridized carbons (Fsp3) is 0.375. The Labute approximate surface area is 149 Å². The van der Waals surface area contributed by atoms with Crippen molar-refractivity contribution in [2.24, 2.45) is 5.11 Å². The van der Waals surface area contributed by atoms with Crippen molar-refractivity contribution in [1.82, 2.24) is 9.79 Å². The highest BCUT2D eigenvalue weighted by molar-refractivity contribution is 6.58. The number of azide groups is 1. The number of aromatic nitrogens is 1. The predicted octanol–water partition coefficient (Wildman–Crippen LogP) is 2.91. The van der Waals surface area contributed by atoms with E-state index >= 15 is 8.63 Å². The summed E-state index contributed by atoms with van der Waals surface area (Å²) in [5.74, 6) is -0.266. The summed E-state index contributed by atoms with van der Waals surface area (Å²) in [5, 5.41) is 5.92. The SMILES string of the molecule is Cc1cc(C)n2c1C=C1C=CC(CCC(=O)NCCN=[N+]=[N-])=[N+]1[B-]2(F)F. The Morgan fingerprint density at radius 2 is 2.19 bits per heavy atom. The number of aryl methyl sites for hydroxylation is 2. The molecule has 3 heterocycles. The lowest BCUT2D eigenvalue weighted by atomic mass is 9.90. The zero-order valence-corrected chi connectivity index (χ0v) is 14.6. The Bertz CT molecular complexity index is 908. The highest BCUT2D eigenvalue weighted by Crippen LogP contribution is 2.34. The Kier molecular flexibility index (Phi) is 4.69. The number of amides is 1. The molecule has 0 fully saturated rings. The topological polar surface area (TPSA) is 85.8 Å². The number of carbonyl (C=O) groups excluding carboxylic acids is 1. The van der Waals surface area contributed by atoms with E-state index in [1.165, 1.54) is 0 Å². The molecule has 136 valence electrons. The van der Waals surface area contributed by atoms with Crippen LogP contribution in [0.15, 0.2) is 29.0 Å². The van der Waals surface area contributed by atoms with Gasteiger partial charge in [0.2, 0.25) is 5.91 Å². The van der Waals surface area contributed by atoms with Crippen LogP contribution in [-0.4, -0.2) is 40.6 Å². The number of nitrogens with zero attached hydrogens (tertiary/aromatic N) is 5. The second-order valence-corrected chi connectivity index (χ2v) is 6.38. The van der Waals surface area contributed by atoms with E-state index in [1.54, 1.807) is 31.2 Å². The summed E-state index contributed by atoms with van der Waals surface area (Å²) >= 11 is 0. The Morgan fingerprint density at radius 1 is 1.42 bits per heavy atom. The zero-order chi connectivity index (χ0) is 18.9. The van der Waals surface area contributed by atoms with Gasteiger partial charge in [0, 0.05) is 54.8 Å². The maximum atomic E-state index is 15.2. The first-order chi connectivity index (χ1) is 12.4. The van der Waals surface area contributed by atoms with Crippen molar-refractivity contribution in [3.63, 3.8) is 0 Å². The third kappa shape index (κ3) is 3.03. The van der Waals surface area contributed by atoms with Gasteiger partial charge in [-0.15, -0.1) is 0 Å². The van der Waals surface area contributed by atoms with Gasteiger partial charge in [0.25, 0.3) is 0 Å². The van der Waals surface area contributed by atoms with Crippen LogP contribution in [0.3, 0.4) is 0 Å². The van der Waals surface area contributed by atoms with E-state index in [4.69, 9.17) is 5.53 Å².